The molecule has 0 bridgehead atoms. The smallest absolute Gasteiger partial charge is 0.222 e. The van der Waals surface area contributed by atoms with E-state index in [1.165, 1.54) is 5.56 Å². The Kier molecular flexibility index (Phi) is 5.49. The molecule has 1 aromatic carbocycles. The molecule has 1 amide bonds. The highest BCUT2D eigenvalue weighted by molar-refractivity contribution is 5.76. The van der Waals surface area contributed by atoms with Gasteiger partial charge >= 0.3 is 0 Å². The lowest BCUT2D eigenvalue weighted by molar-refractivity contribution is -0.133. The molecule has 1 aliphatic rings. The molecule has 0 spiro atoms. The van der Waals surface area contributed by atoms with Crippen molar-refractivity contribution in [1.29, 1.82) is 0 Å². The van der Waals surface area contributed by atoms with Gasteiger partial charge in [-0.2, -0.15) is 5.10 Å². The Morgan fingerprint density at radius 2 is 1.74 bits per heavy atom. The summed E-state index contributed by atoms with van der Waals surface area (Å²) in [5, 5.41) is 4.62. The first-order valence-corrected chi connectivity index (χ1v) is 9.75. The molecule has 0 saturated carbocycles. The SMILES string of the molecule is O=C(CCCc1ccccc1)N1CCN(Cc2cc3ccccn3n2)CC1. The Bertz CT molecular complexity index is 848. The van der Waals surface area contributed by atoms with Crippen LogP contribution in [-0.4, -0.2) is 51.5 Å². The summed E-state index contributed by atoms with van der Waals surface area (Å²) in [4.78, 5) is 16.9. The maximum absolute atomic E-state index is 12.5. The zero-order valence-corrected chi connectivity index (χ0v) is 15.6. The monoisotopic (exact) mass is 362 g/mol. The van der Waals surface area contributed by atoms with Crippen LogP contribution in [-0.2, 0) is 17.8 Å². The standard InChI is InChI=1S/C22H26N4O/c27-22(11-6-9-19-7-2-1-3-8-19)25-15-13-24(14-16-25)18-20-17-21-10-4-5-12-26(21)23-20/h1-5,7-8,10,12,17H,6,9,11,13-16,18H2. The maximum Gasteiger partial charge on any atom is 0.222 e. The van der Waals surface area contributed by atoms with E-state index in [-0.39, 0.29) is 0 Å². The Morgan fingerprint density at radius 1 is 0.963 bits per heavy atom. The topological polar surface area (TPSA) is 40.9 Å². The summed E-state index contributed by atoms with van der Waals surface area (Å²) >= 11 is 0. The Labute approximate surface area is 160 Å². The van der Waals surface area contributed by atoms with Gasteiger partial charge in [0.25, 0.3) is 0 Å². The molecule has 0 radical (unpaired) electrons. The number of pyridine rings is 1. The van der Waals surface area contributed by atoms with Crippen LogP contribution in [0.2, 0.25) is 0 Å². The average molecular weight is 362 g/mol. The molecule has 0 atom stereocenters. The number of fused-ring (bicyclic) bond motifs is 1. The normalized spacial score (nSPS) is 15.3. The fourth-order valence-corrected chi connectivity index (χ4v) is 3.70. The molecule has 27 heavy (non-hydrogen) atoms. The average Bonchev–Trinajstić information content (AvgIpc) is 3.11. The number of piperazine rings is 1. The predicted molar refractivity (Wildman–Crippen MR) is 106 cm³/mol. The van der Waals surface area contributed by atoms with Crippen LogP contribution in [0.25, 0.3) is 5.52 Å². The molecule has 5 heteroatoms. The molecule has 0 unspecified atom stereocenters. The summed E-state index contributed by atoms with van der Waals surface area (Å²) in [7, 11) is 0. The van der Waals surface area contributed by atoms with Gasteiger partial charge in [0.15, 0.2) is 0 Å². The van der Waals surface area contributed by atoms with Gasteiger partial charge in [-0.25, -0.2) is 4.52 Å². The molecule has 3 aromatic rings. The van der Waals surface area contributed by atoms with E-state index < -0.39 is 0 Å². The summed E-state index contributed by atoms with van der Waals surface area (Å²) in [5.74, 6) is 0.290. The number of benzene rings is 1. The number of carbonyl (C=O) groups is 1. The third-order valence-electron chi connectivity index (χ3n) is 5.23. The minimum absolute atomic E-state index is 0.290. The van der Waals surface area contributed by atoms with Crippen molar-refractivity contribution in [2.24, 2.45) is 0 Å². The van der Waals surface area contributed by atoms with Crippen molar-refractivity contribution >= 4 is 11.4 Å². The lowest BCUT2D eigenvalue weighted by Crippen LogP contribution is -2.48. The number of aromatic nitrogens is 2. The van der Waals surface area contributed by atoms with Crippen molar-refractivity contribution in [3.63, 3.8) is 0 Å². The maximum atomic E-state index is 12.5. The number of carbonyl (C=O) groups excluding carboxylic acids is 1. The summed E-state index contributed by atoms with van der Waals surface area (Å²) in [6.07, 6.45) is 4.51. The second-order valence-corrected chi connectivity index (χ2v) is 7.20. The molecule has 4 rings (SSSR count). The minimum Gasteiger partial charge on any atom is -0.340 e. The number of hydrogen-bond donors (Lipinski definition) is 0. The van der Waals surface area contributed by atoms with Gasteiger partial charge in [-0.1, -0.05) is 36.4 Å². The van der Waals surface area contributed by atoms with E-state index in [0.29, 0.717) is 12.3 Å². The van der Waals surface area contributed by atoms with Crippen LogP contribution in [0.15, 0.2) is 60.8 Å². The van der Waals surface area contributed by atoms with E-state index >= 15 is 0 Å². The van der Waals surface area contributed by atoms with Crippen LogP contribution < -0.4 is 0 Å². The van der Waals surface area contributed by atoms with Crippen LogP contribution >= 0.6 is 0 Å². The van der Waals surface area contributed by atoms with Gasteiger partial charge in [-0.15, -0.1) is 0 Å². The van der Waals surface area contributed by atoms with E-state index in [9.17, 15) is 4.79 Å². The largest absolute Gasteiger partial charge is 0.340 e. The third kappa shape index (κ3) is 4.55. The van der Waals surface area contributed by atoms with Gasteiger partial charge in [0.2, 0.25) is 5.91 Å². The van der Waals surface area contributed by atoms with Gasteiger partial charge in [0.05, 0.1) is 11.2 Å². The molecule has 1 fully saturated rings. The summed E-state index contributed by atoms with van der Waals surface area (Å²) in [5.41, 5.74) is 3.52. The third-order valence-corrected chi connectivity index (χ3v) is 5.23. The molecule has 1 saturated heterocycles. The molecular formula is C22H26N4O. The first-order valence-electron chi connectivity index (χ1n) is 9.75. The summed E-state index contributed by atoms with van der Waals surface area (Å²) in [6, 6.07) is 18.6. The van der Waals surface area contributed by atoms with Crippen molar-refractivity contribution in [2.75, 3.05) is 26.2 Å². The quantitative estimate of drug-likeness (QED) is 0.677. The van der Waals surface area contributed by atoms with Crippen LogP contribution in [0.4, 0.5) is 0 Å². The van der Waals surface area contributed by atoms with Crippen LogP contribution in [0.3, 0.4) is 0 Å². The van der Waals surface area contributed by atoms with E-state index in [1.807, 2.05) is 33.8 Å². The zero-order chi connectivity index (χ0) is 18.5. The molecule has 5 nitrogen and oxygen atoms in total. The second kappa shape index (κ2) is 8.35. The predicted octanol–water partition coefficient (Wildman–Crippen LogP) is 3.00. The lowest BCUT2D eigenvalue weighted by Gasteiger charge is -2.34. The molecule has 0 aliphatic carbocycles. The van der Waals surface area contributed by atoms with Gasteiger partial charge in [-0.05, 0) is 36.6 Å². The summed E-state index contributed by atoms with van der Waals surface area (Å²) in [6.45, 7) is 4.31. The van der Waals surface area contributed by atoms with Gasteiger partial charge in [0.1, 0.15) is 0 Å². The van der Waals surface area contributed by atoms with Crippen LogP contribution in [0.5, 0.6) is 0 Å². The van der Waals surface area contributed by atoms with Crippen molar-refractivity contribution in [3.05, 3.63) is 72.1 Å². The van der Waals surface area contributed by atoms with E-state index in [0.717, 1.165) is 56.8 Å². The molecular weight excluding hydrogens is 336 g/mol. The molecule has 2 aromatic heterocycles. The van der Waals surface area contributed by atoms with Gasteiger partial charge in [-0.3, -0.25) is 9.69 Å². The van der Waals surface area contributed by atoms with E-state index in [4.69, 9.17) is 0 Å². The van der Waals surface area contributed by atoms with Crippen molar-refractivity contribution in [2.45, 2.75) is 25.8 Å². The lowest BCUT2D eigenvalue weighted by atomic mass is 10.1. The highest BCUT2D eigenvalue weighted by atomic mass is 16.2. The van der Waals surface area contributed by atoms with Crippen LogP contribution in [0, 0.1) is 0 Å². The zero-order valence-electron chi connectivity index (χ0n) is 15.6. The second-order valence-electron chi connectivity index (χ2n) is 7.20. The highest BCUT2D eigenvalue weighted by Crippen LogP contribution is 2.12. The first-order chi connectivity index (χ1) is 13.3. The van der Waals surface area contributed by atoms with Crippen molar-refractivity contribution in [1.82, 2.24) is 19.4 Å². The van der Waals surface area contributed by atoms with Gasteiger partial charge in [0, 0.05) is 45.3 Å². The van der Waals surface area contributed by atoms with Crippen LogP contribution in [0.1, 0.15) is 24.1 Å². The number of hydrogen-bond acceptors (Lipinski definition) is 3. The fourth-order valence-electron chi connectivity index (χ4n) is 3.70. The van der Waals surface area contributed by atoms with Gasteiger partial charge < -0.3 is 4.90 Å². The molecule has 140 valence electrons. The first kappa shape index (κ1) is 17.7. The van der Waals surface area contributed by atoms with Crippen molar-refractivity contribution in [3.8, 4) is 0 Å². The van der Waals surface area contributed by atoms with E-state index in [2.05, 4.69) is 46.4 Å². The number of amides is 1. The molecule has 0 N–H and O–H groups in total. The van der Waals surface area contributed by atoms with E-state index in [1.54, 1.807) is 0 Å². The summed E-state index contributed by atoms with van der Waals surface area (Å²) < 4.78 is 1.92. The number of aryl methyl sites for hydroxylation is 1. The molecule has 3 heterocycles. The Morgan fingerprint density at radius 3 is 2.52 bits per heavy atom. The number of rotatable bonds is 6. The van der Waals surface area contributed by atoms with Crippen molar-refractivity contribution < 1.29 is 4.79 Å². The minimum atomic E-state index is 0.290. The number of nitrogens with zero attached hydrogens (tertiary/aromatic N) is 4. The fraction of sp³-hybridized carbons (Fsp3) is 0.364. The molecule has 1 aliphatic heterocycles. The Hall–Kier alpha value is -2.66. The Balaban J connectivity index is 1.21. The highest BCUT2D eigenvalue weighted by Gasteiger charge is 2.21.